The smallest absolute Gasteiger partial charge is 0.355 e. The molecule has 0 aliphatic heterocycles. The number of furan rings is 1. The lowest BCUT2D eigenvalue weighted by Gasteiger charge is -2.29. The zero-order chi connectivity index (χ0) is 17.1. The van der Waals surface area contributed by atoms with Gasteiger partial charge in [-0.2, -0.15) is 0 Å². The van der Waals surface area contributed by atoms with Crippen LogP contribution in [-0.4, -0.2) is 29.1 Å². The Morgan fingerprint density at radius 3 is 2.92 bits per heavy atom. The van der Waals surface area contributed by atoms with Gasteiger partial charge >= 0.3 is 5.97 Å². The van der Waals surface area contributed by atoms with Gasteiger partial charge in [0.15, 0.2) is 5.58 Å². The lowest BCUT2D eigenvalue weighted by Crippen LogP contribution is -2.42. The first-order valence-electron chi connectivity index (χ1n) is 8.63. The van der Waals surface area contributed by atoms with E-state index in [4.69, 9.17) is 9.15 Å². The Bertz CT molecular complexity index is 731. The van der Waals surface area contributed by atoms with Gasteiger partial charge < -0.3 is 19.0 Å². The van der Waals surface area contributed by atoms with E-state index in [0.717, 1.165) is 24.8 Å². The van der Waals surface area contributed by atoms with E-state index < -0.39 is 5.97 Å². The summed E-state index contributed by atoms with van der Waals surface area (Å²) < 4.78 is 12.1. The van der Waals surface area contributed by atoms with Gasteiger partial charge in [-0.3, -0.25) is 4.79 Å². The maximum Gasteiger partial charge on any atom is 0.355 e. The molecule has 0 radical (unpaired) electrons. The summed E-state index contributed by atoms with van der Waals surface area (Å²) >= 11 is 0. The van der Waals surface area contributed by atoms with Crippen molar-refractivity contribution in [3.05, 3.63) is 24.1 Å². The number of hydrogen-bond acceptors (Lipinski definition) is 4. The average molecular weight is 332 g/mol. The van der Waals surface area contributed by atoms with Crippen molar-refractivity contribution in [3.8, 4) is 0 Å². The number of ether oxygens (including phenoxy) is 1. The van der Waals surface area contributed by atoms with Crippen molar-refractivity contribution >= 4 is 23.0 Å². The Morgan fingerprint density at radius 1 is 1.38 bits per heavy atom. The van der Waals surface area contributed by atoms with Gasteiger partial charge in [0.05, 0.1) is 18.4 Å². The highest BCUT2D eigenvalue weighted by molar-refractivity contribution is 5.95. The van der Waals surface area contributed by atoms with Gasteiger partial charge in [-0.15, -0.1) is 0 Å². The minimum atomic E-state index is -0.442. The first-order chi connectivity index (χ1) is 11.6. The molecule has 1 fully saturated rings. The SMILES string of the molecule is CCOC(=O)c1cc2occc2n1CC(=O)N[C@@H]1CCCC[C@@H]1C. The van der Waals surface area contributed by atoms with Crippen LogP contribution in [0.25, 0.3) is 11.1 Å². The summed E-state index contributed by atoms with van der Waals surface area (Å²) in [6.45, 7) is 4.31. The molecule has 1 N–H and O–H groups in total. The van der Waals surface area contributed by atoms with Crippen LogP contribution in [0, 0.1) is 5.92 Å². The molecule has 24 heavy (non-hydrogen) atoms. The molecule has 2 atom stereocenters. The molecule has 1 saturated carbocycles. The first-order valence-corrected chi connectivity index (χ1v) is 8.63. The zero-order valence-electron chi connectivity index (χ0n) is 14.2. The maximum atomic E-state index is 12.5. The number of carbonyl (C=O) groups excluding carboxylic acids is 2. The molecule has 2 aromatic heterocycles. The Morgan fingerprint density at radius 2 is 2.17 bits per heavy atom. The van der Waals surface area contributed by atoms with Gasteiger partial charge in [0.1, 0.15) is 12.2 Å². The molecule has 1 amide bonds. The summed E-state index contributed by atoms with van der Waals surface area (Å²) in [6, 6.07) is 3.60. The quantitative estimate of drug-likeness (QED) is 0.854. The number of fused-ring (bicyclic) bond motifs is 1. The number of rotatable bonds is 5. The Hall–Kier alpha value is -2.24. The zero-order valence-corrected chi connectivity index (χ0v) is 14.2. The molecule has 2 heterocycles. The van der Waals surface area contributed by atoms with Crippen LogP contribution in [0.3, 0.4) is 0 Å². The minimum absolute atomic E-state index is 0.0837. The van der Waals surface area contributed by atoms with Crippen molar-refractivity contribution in [1.82, 2.24) is 9.88 Å². The predicted molar refractivity (Wildman–Crippen MR) is 89.7 cm³/mol. The van der Waals surface area contributed by atoms with Crippen LogP contribution in [-0.2, 0) is 16.1 Å². The van der Waals surface area contributed by atoms with Crippen LogP contribution in [0.5, 0.6) is 0 Å². The lowest BCUT2D eigenvalue weighted by molar-refractivity contribution is -0.122. The molecule has 3 rings (SSSR count). The van der Waals surface area contributed by atoms with Gasteiger partial charge in [0.2, 0.25) is 5.91 Å². The lowest BCUT2D eigenvalue weighted by atomic mass is 9.86. The van der Waals surface area contributed by atoms with E-state index in [2.05, 4.69) is 12.2 Å². The van der Waals surface area contributed by atoms with E-state index in [-0.39, 0.29) is 25.1 Å². The van der Waals surface area contributed by atoms with Crippen molar-refractivity contribution < 1.29 is 18.7 Å². The third-order valence-corrected chi connectivity index (χ3v) is 4.77. The van der Waals surface area contributed by atoms with Crippen LogP contribution in [0.1, 0.15) is 50.0 Å². The number of amides is 1. The van der Waals surface area contributed by atoms with Crippen molar-refractivity contribution in [3.63, 3.8) is 0 Å². The predicted octanol–water partition coefficient (Wildman–Crippen LogP) is 3.11. The second-order valence-corrected chi connectivity index (χ2v) is 6.44. The summed E-state index contributed by atoms with van der Waals surface area (Å²) in [6.07, 6.45) is 6.10. The fraction of sp³-hybridized carbons (Fsp3) is 0.556. The molecule has 130 valence electrons. The van der Waals surface area contributed by atoms with Gasteiger partial charge in [-0.1, -0.05) is 19.8 Å². The number of carbonyl (C=O) groups is 2. The molecule has 0 aromatic carbocycles. The molecule has 1 aliphatic carbocycles. The number of aromatic nitrogens is 1. The van der Waals surface area contributed by atoms with Crippen LogP contribution in [0.15, 0.2) is 22.8 Å². The van der Waals surface area contributed by atoms with Gasteiger partial charge in [0, 0.05) is 18.2 Å². The summed E-state index contributed by atoms with van der Waals surface area (Å²) in [7, 11) is 0. The van der Waals surface area contributed by atoms with Crippen LogP contribution >= 0.6 is 0 Å². The highest BCUT2D eigenvalue weighted by Gasteiger charge is 2.25. The molecule has 0 spiro atoms. The van der Waals surface area contributed by atoms with Crippen LogP contribution in [0.4, 0.5) is 0 Å². The fourth-order valence-corrected chi connectivity index (χ4v) is 3.45. The maximum absolute atomic E-state index is 12.5. The molecular formula is C18H24N2O4. The molecule has 6 nitrogen and oxygen atoms in total. The summed E-state index contributed by atoms with van der Waals surface area (Å²) in [5.41, 5.74) is 1.65. The highest BCUT2D eigenvalue weighted by Crippen LogP contribution is 2.24. The van der Waals surface area contributed by atoms with Crippen molar-refractivity contribution in [2.24, 2.45) is 5.92 Å². The Balaban J connectivity index is 1.77. The molecule has 0 bridgehead atoms. The monoisotopic (exact) mass is 332 g/mol. The average Bonchev–Trinajstić information content (AvgIpc) is 3.12. The van der Waals surface area contributed by atoms with E-state index in [0.29, 0.717) is 17.2 Å². The molecule has 0 unspecified atom stereocenters. The van der Waals surface area contributed by atoms with E-state index in [1.54, 1.807) is 29.9 Å². The van der Waals surface area contributed by atoms with Crippen molar-refractivity contribution in [1.29, 1.82) is 0 Å². The van der Waals surface area contributed by atoms with Crippen molar-refractivity contribution in [2.75, 3.05) is 6.61 Å². The van der Waals surface area contributed by atoms with Crippen LogP contribution in [0.2, 0.25) is 0 Å². The summed E-state index contributed by atoms with van der Waals surface area (Å²) in [5, 5.41) is 3.12. The van der Waals surface area contributed by atoms with Gasteiger partial charge in [-0.25, -0.2) is 4.79 Å². The van der Waals surface area contributed by atoms with Gasteiger partial charge in [0.25, 0.3) is 0 Å². The second kappa shape index (κ2) is 7.11. The van der Waals surface area contributed by atoms with Gasteiger partial charge in [-0.05, 0) is 25.7 Å². The minimum Gasteiger partial charge on any atom is -0.463 e. The standard InChI is InChI=1S/C18H24N2O4/c1-3-23-18(22)15-10-16-14(8-9-24-16)20(15)11-17(21)19-13-7-5-4-6-12(13)2/h8-10,12-13H,3-7,11H2,1-2H3,(H,19,21)/t12-,13+/m0/s1. The topological polar surface area (TPSA) is 73.5 Å². The van der Waals surface area contributed by atoms with E-state index in [9.17, 15) is 9.59 Å². The molecule has 2 aromatic rings. The third-order valence-electron chi connectivity index (χ3n) is 4.77. The first kappa shape index (κ1) is 16.6. The van der Waals surface area contributed by atoms with E-state index in [1.807, 2.05) is 0 Å². The Labute approximate surface area is 141 Å². The summed E-state index contributed by atoms with van der Waals surface area (Å²) in [4.78, 5) is 24.6. The number of nitrogens with zero attached hydrogens (tertiary/aromatic N) is 1. The van der Waals surface area contributed by atoms with E-state index >= 15 is 0 Å². The largest absolute Gasteiger partial charge is 0.463 e. The molecule has 6 heteroatoms. The fourth-order valence-electron chi connectivity index (χ4n) is 3.45. The molecule has 1 aliphatic rings. The van der Waals surface area contributed by atoms with Crippen molar-refractivity contribution in [2.45, 2.75) is 52.1 Å². The molecular weight excluding hydrogens is 308 g/mol. The van der Waals surface area contributed by atoms with Crippen LogP contribution < -0.4 is 5.32 Å². The number of nitrogens with one attached hydrogen (secondary N) is 1. The summed E-state index contributed by atoms with van der Waals surface area (Å²) in [5.74, 6) is -0.0356. The van der Waals surface area contributed by atoms with E-state index in [1.165, 1.54) is 6.42 Å². The second-order valence-electron chi connectivity index (χ2n) is 6.44. The molecule has 0 saturated heterocycles. The Kier molecular flexibility index (Phi) is 4.92. The third kappa shape index (κ3) is 3.32. The number of esters is 1. The highest BCUT2D eigenvalue weighted by atomic mass is 16.5. The normalized spacial score (nSPS) is 20.9. The number of hydrogen-bond donors (Lipinski definition) is 1.